The van der Waals surface area contributed by atoms with Crippen molar-refractivity contribution in [2.75, 3.05) is 0 Å². The van der Waals surface area contributed by atoms with E-state index in [1.54, 1.807) is 0 Å². The Morgan fingerprint density at radius 2 is 2.22 bits per heavy atom. The quantitative estimate of drug-likeness (QED) is 0.823. The molecule has 0 unspecified atom stereocenters. The van der Waals surface area contributed by atoms with Gasteiger partial charge in [-0.25, -0.2) is 4.98 Å². The summed E-state index contributed by atoms with van der Waals surface area (Å²) in [6.45, 7) is 5.15. The lowest BCUT2D eigenvalue weighted by atomic mass is 10.1. The summed E-state index contributed by atoms with van der Waals surface area (Å²) >= 11 is 0. The van der Waals surface area contributed by atoms with Gasteiger partial charge < -0.3 is 4.57 Å². The van der Waals surface area contributed by atoms with Crippen molar-refractivity contribution in [2.45, 2.75) is 26.8 Å². The van der Waals surface area contributed by atoms with Crippen molar-refractivity contribution in [3.63, 3.8) is 0 Å². The molecule has 0 bridgehead atoms. The largest absolute Gasteiger partial charge is 0.331 e. The number of nitriles is 1. The van der Waals surface area contributed by atoms with Crippen molar-refractivity contribution in [1.82, 2.24) is 9.55 Å². The van der Waals surface area contributed by atoms with Gasteiger partial charge in [-0.05, 0) is 23.6 Å². The van der Waals surface area contributed by atoms with Gasteiger partial charge in [-0.15, -0.1) is 0 Å². The maximum Gasteiger partial charge on any atom is 0.109 e. The summed E-state index contributed by atoms with van der Waals surface area (Å²) in [4.78, 5) is 4.39. The molecule has 2 rings (SSSR count). The lowest BCUT2D eigenvalue weighted by molar-refractivity contribution is 0.590. The van der Waals surface area contributed by atoms with Gasteiger partial charge >= 0.3 is 0 Å². The zero-order valence-corrected chi connectivity index (χ0v) is 10.8. The van der Waals surface area contributed by atoms with Crippen LogP contribution in [0, 0.1) is 17.2 Å². The summed E-state index contributed by atoms with van der Waals surface area (Å²) in [7, 11) is 0. The number of hydrogen-bond donors (Lipinski definition) is 0. The van der Waals surface area contributed by atoms with E-state index in [1.807, 2.05) is 36.7 Å². The van der Waals surface area contributed by atoms with Crippen LogP contribution in [-0.2, 0) is 13.0 Å². The number of nitrogens with zero attached hydrogens (tertiary/aromatic N) is 3. The smallest absolute Gasteiger partial charge is 0.109 e. The molecule has 0 fully saturated rings. The molecule has 0 atom stereocenters. The monoisotopic (exact) mass is 239 g/mol. The predicted octanol–water partition coefficient (Wildman–Crippen LogP) is 3.00. The molecule has 0 spiro atoms. The van der Waals surface area contributed by atoms with E-state index in [9.17, 15) is 0 Å². The molecule has 3 nitrogen and oxygen atoms in total. The molecular formula is C15H17N3. The Morgan fingerprint density at radius 3 is 2.94 bits per heavy atom. The first-order valence-corrected chi connectivity index (χ1v) is 6.18. The van der Waals surface area contributed by atoms with Gasteiger partial charge in [0, 0.05) is 25.4 Å². The fourth-order valence-electron chi connectivity index (χ4n) is 1.98. The van der Waals surface area contributed by atoms with Crippen molar-refractivity contribution in [2.24, 2.45) is 5.92 Å². The highest BCUT2D eigenvalue weighted by atomic mass is 15.1. The molecule has 18 heavy (non-hydrogen) atoms. The zero-order valence-electron chi connectivity index (χ0n) is 10.8. The average Bonchev–Trinajstić information content (AvgIpc) is 2.76. The van der Waals surface area contributed by atoms with Crippen LogP contribution in [0.4, 0.5) is 0 Å². The molecule has 1 aromatic heterocycles. The number of aromatic nitrogens is 2. The van der Waals surface area contributed by atoms with E-state index in [-0.39, 0.29) is 0 Å². The van der Waals surface area contributed by atoms with Crippen LogP contribution >= 0.6 is 0 Å². The number of rotatable bonds is 4. The molecule has 0 saturated heterocycles. The van der Waals surface area contributed by atoms with Gasteiger partial charge in [0.25, 0.3) is 0 Å². The molecule has 0 amide bonds. The SMILES string of the molecule is CC(C)Cc1nccn1Cc1cccc(C#N)c1. The second-order valence-electron chi connectivity index (χ2n) is 4.88. The number of benzene rings is 1. The third kappa shape index (κ3) is 2.98. The molecule has 92 valence electrons. The fourth-order valence-corrected chi connectivity index (χ4v) is 1.98. The maximum atomic E-state index is 8.89. The van der Waals surface area contributed by atoms with E-state index in [1.165, 1.54) is 0 Å². The van der Waals surface area contributed by atoms with Crippen molar-refractivity contribution >= 4 is 0 Å². The summed E-state index contributed by atoms with van der Waals surface area (Å²) < 4.78 is 2.15. The molecule has 1 heterocycles. The van der Waals surface area contributed by atoms with Crippen LogP contribution in [0.15, 0.2) is 36.7 Å². The molecule has 0 saturated carbocycles. The van der Waals surface area contributed by atoms with Gasteiger partial charge in [-0.3, -0.25) is 0 Å². The molecule has 3 heteroatoms. The highest BCUT2D eigenvalue weighted by Crippen LogP contribution is 2.11. The van der Waals surface area contributed by atoms with Crippen LogP contribution in [-0.4, -0.2) is 9.55 Å². The van der Waals surface area contributed by atoms with Crippen LogP contribution in [0.5, 0.6) is 0 Å². The van der Waals surface area contributed by atoms with Gasteiger partial charge in [-0.2, -0.15) is 5.26 Å². The Morgan fingerprint density at radius 1 is 1.39 bits per heavy atom. The Hall–Kier alpha value is -2.08. The van der Waals surface area contributed by atoms with Crippen LogP contribution in [0.2, 0.25) is 0 Å². The third-order valence-corrected chi connectivity index (χ3v) is 2.80. The van der Waals surface area contributed by atoms with E-state index >= 15 is 0 Å². The fraction of sp³-hybridized carbons (Fsp3) is 0.333. The molecule has 0 N–H and O–H groups in total. The summed E-state index contributed by atoms with van der Waals surface area (Å²) in [5.74, 6) is 1.70. The minimum absolute atomic E-state index is 0.594. The van der Waals surface area contributed by atoms with E-state index in [4.69, 9.17) is 5.26 Å². The Balaban J connectivity index is 2.18. The third-order valence-electron chi connectivity index (χ3n) is 2.80. The predicted molar refractivity (Wildman–Crippen MR) is 71.0 cm³/mol. The Bertz CT molecular complexity index is 561. The molecular weight excluding hydrogens is 222 g/mol. The molecule has 0 aliphatic carbocycles. The number of hydrogen-bond acceptors (Lipinski definition) is 2. The second-order valence-corrected chi connectivity index (χ2v) is 4.88. The van der Waals surface area contributed by atoms with Crippen molar-refractivity contribution in [3.8, 4) is 6.07 Å². The van der Waals surface area contributed by atoms with Gasteiger partial charge in [0.05, 0.1) is 11.6 Å². The van der Waals surface area contributed by atoms with Crippen LogP contribution in [0.1, 0.15) is 30.8 Å². The standard InChI is InChI=1S/C15H17N3/c1-12(2)8-15-17-6-7-18(15)11-14-5-3-4-13(9-14)10-16/h3-7,9,12H,8,11H2,1-2H3. The lowest BCUT2D eigenvalue weighted by Gasteiger charge is -2.09. The van der Waals surface area contributed by atoms with Crippen molar-refractivity contribution in [3.05, 3.63) is 53.6 Å². The maximum absolute atomic E-state index is 8.89. The highest BCUT2D eigenvalue weighted by molar-refractivity contribution is 5.32. The van der Waals surface area contributed by atoms with Gasteiger partial charge in [0.2, 0.25) is 0 Å². The molecule has 0 radical (unpaired) electrons. The van der Waals surface area contributed by atoms with Gasteiger partial charge in [0.1, 0.15) is 5.82 Å². The summed E-state index contributed by atoms with van der Waals surface area (Å²) in [6, 6.07) is 9.89. The van der Waals surface area contributed by atoms with E-state index in [0.29, 0.717) is 11.5 Å². The lowest BCUT2D eigenvalue weighted by Crippen LogP contribution is -2.07. The van der Waals surface area contributed by atoms with Crippen molar-refractivity contribution in [1.29, 1.82) is 5.26 Å². The molecule has 0 aliphatic rings. The van der Waals surface area contributed by atoms with Crippen molar-refractivity contribution < 1.29 is 0 Å². The first kappa shape index (κ1) is 12.4. The zero-order chi connectivity index (χ0) is 13.0. The first-order valence-electron chi connectivity index (χ1n) is 6.18. The van der Waals surface area contributed by atoms with E-state index in [0.717, 1.165) is 24.4 Å². The molecule has 2 aromatic rings. The van der Waals surface area contributed by atoms with Gasteiger partial charge in [-0.1, -0.05) is 26.0 Å². The van der Waals surface area contributed by atoms with Gasteiger partial charge in [0.15, 0.2) is 0 Å². The van der Waals surface area contributed by atoms with E-state index < -0.39 is 0 Å². The first-order chi connectivity index (χ1) is 8.69. The highest BCUT2D eigenvalue weighted by Gasteiger charge is 2.06. The Labute approximate surface area is 108 Å². The minimum Gasteiger partial charge on any atom is -0.331 e. The average molecular weight is 239 g/mol. The van der Waals surface area contributed by atoms with Crippen LogP contribution in [0.25, 0.3) is 0 Å². The van der Waals surface area contributed by atoms with Crippen LogP contribution < -0.4 is 0 Å². The topological polar surface area (TPSA) is 41.6 Å². The molecule has 1 aromatic carbocycles. The second kappa shape index (κ2) is 5.50. The van der Waals surface area contributed by atoms with E-state index in [2.05, 4.69) is 29.5 Å². The Kier molecular flexibility index (Phi) is 3.78. The summed E-state index contributed by atoms with van der Waals surface area (Å²) in [5.41, 5.74) is 1.84. The normalized spacial score (nSPS) is 10.6. The van der Waals surface area contributed by atoms with Crippen LogP contribution in [0.3, 0.4) is 0 Å². The minimum atomic E-state index is 0.594. The number of imidazole rings is 1. The molecule has 0 aliphatic heterocycles. The summed E-state index contributed by atoms with van der Waals surface area (Å²) in [5, 5.41) is 8.89. The summed E-state index contributed by atoms with van der Waals surface area (Å²) in [6.07, 6.45) is 4.81.